The van der Waals surface area contributed by atoms with Gasteiger partial charge in [-0.25, -0.2) is 8.78 Å². The molecule has 0 saturated heterocycles. The van der Waals surface area contributed by atoms with E-state index < -0.39 is 41.1 Å². The van der Waals surface area contributed by atoms with Gasteiger partial charge in [-0.3, -0.25) is 0 Å². The minimum atomic E-state index is -4.62. The fourth-order valence-electron chi connectivity index (χ4n) is 2.87. The Morgan fingerprint density at radius 2 is 1.71 bits per heavy atom. The van der Waals surface area contributed by atoms with Crippen LogP contribution in [0, 0.1) is 11.6 Å². The number of rotatable bonds is 4. The number of alkyl halides is 4. The molecule has 0 radical (unpaired) electrons. The van der Waals surface area contributed by atoms with Crippen molar-refractivity contribution in [1.82, 2.24) is 5.32 Å². The molecule has 28 heavy (non-hydrogen) atoms. The van der Waals surface area contributed by atoms with E-state index in [4.69, 9.17) is 11.6 Å². The van der Waals surface area contributed by atoms with Gasteiger partial charge in [0.1, 0.15) is 17.4 Å². The van der Waals surface area contributed by atoms with Crippen LogP contribution in [0.15, 0.2) is 54.7 Å². The van der Waals surface area contributed by atoms with Gasteiger partial charge in [0.2, 0.25) is 0 Å². The maximum atomic E-state index is 14.7. The zero-order valence-corrected chi connectivity index (χ0v) is 15.2. The zero-order valence-electron chi connectivity index (χ0n) is 14.4. The normalized spacial score (nSPS) is 17.5. The Hall–Kier alpha value is -2.54. The quantitative estimate of drug-likeness (QED) is 0.496. The summed E-state index contributed by atoms with van der Waals surface area (Å²) in [5.74, 6) is -2.68. The average molecular weight is 416 g/mol. The van der Waals surface area contributed by atoms with Gasteiger partial charge < -0.3 is 10.1 Å². The van der Waals surface area contributed by atoms with E-state index in [9.17, 15) is 22.0 Å². The van der Waals surface area contributed by atoms with E-state index in [-0.39, 0.29) is 12.1 Å². The van der Waals surface area contributed by atoms with Gasteiger partial charge in [0.05, 0.1) is 16.6 Å². The van der Waals surface area contributed by atoms with Crippen LogP contribution in [0.25, 0.3) is 11.3 Å². The van der Waals surface area contributed by atoms with E-state index in [1.165, 1.54) is 0 Å². The summed E-state index contributed by atoms with van der Waals surface area (Å²) in [4.78, 5) is 0. The van der Waals surface area contributed by atoms with Crippen LogP contribution in [0.4, 0.5) is 22.0 Å². The third-order valence-electron chi connectivity index (χ3n) is 4.14. The van der Waals surface area contributed by atoms with Crippen LogP contribution < -0.4 is 10.1 Å². The summed E-state index contributed by atoms with van der Waals surface area (Å²) < 4.78 is 70.7. The molecular weight excluding hydrogens is 401 g/mol. The van der Waals surface area contributed by atoms with Crippen molar-refractivity contribution in [3.05, 3.63) is 77.5 Å². The highest BCUT2D eigenvalue weighted by molar-refractivity contribution is 6.23. The van der Waals surface area contributed by atoms with Crippen molar-refractivity contribution in [3.63, 3.8) is 0 Å². The molecule has 2 aromatic carbocycles. The number of nitrogens with one attached hydrogen (secondary N) is 1. The monoisotopic (exact) mass is 415 g/mol. The average Bonchev–Trinajstić information content (AvgIpc) is 2.62. The van der Waals surface area contributed by atoms with Crippen molar-refractivity contribution in [1.29, 1.82) is 0 Å². The first kappa shape index (κ1) is 20.2. The molecule has 0 saturated carbocycles. The second kappa shape index (κ2) is 7.83. The number of hydrogen-bond donors (Lipinski definition) is 1. The Balaban J connectivity index is 2.07. The molecule has 0 aromatic heterocycles. The van der Waals surface area contributed by atoms with Gasteiger partial charge in [-0.1, -0.05) is 36.9 Å². The standard InChI is InChI=1S/C20H15ClF5NO/c1-11-15(21)9-14(12-5-3-2-4-6-12)19(27-11)18-16(22)7-13(8-17(18)23)28-10-20(24,25)26/h2-8,15,27H,1,9-10H2. The Kier molecular flexibility index (Phi) is 5.65. The smallest absolute Gasteiger partial charge is 0.422 e. The van der Waals surface area contributed by atoms with Gasteiger partial charge in [0.15, 0.2) is 6.61 Å². The lowest BCUT2D eigenvalue weighted by Gasteiger charge is -2.28. The molecule has 2 nitrogen and oxygen atoms in total. The van der Waals surface area contributed by atoms with E-state index in [0.29, 0.717) is 16.8 Å². The van der Waals surface area contributed by atoms with Gasteiger partial charge in [0.25, 0.3) is 0 Å². The molecule has 0 spiro atoms. The van der Waals surface area contributed by atoms with E-state index in [0.717, 1.165) is 12.1 Å². The Bertz CT molecular complexity index is 901. The third-order valence-corrected chi connectivity index (χ3v) is 4.56. The van der Waals surface area contributed by atoms with Gasteiger partial charge in [-0.05, 0) is 17.6 Å². The van der Waals surface area contributed by atoms with Crippen LogP contribution in [0.3, 0.4) is 0 Å². The first-order chi connectivity index (χ1) is 13.2. The molecule has 1 atom stereocenters. The molecule has 1 aliphatic rings. The van der Waals surface area contributed by atoms with Crippen LogP contribution in [0.2, 0.25) is 0 Å². The summed E-state index contributed by atoms with van der Waals surface area (Å²) in [6.07, 6.45) is -4.34. The number of benzene rings is 2. The van der Waals surface area contributed by atoms with Crippen LogP contribution in [0.1, 0.15) is 17.5 Å². The molecule has 1 aliphatic heterocycles. The SMILES string of the molecule is C=C1NC(c2c(F)cc(OCC(F)(F)F)cc2F)=C(c2ccccc2)CC1Cl. The van der Waals surface area contributed by atoms with Crippen molar-refractivity contribution in [3.8, 4) is 5.75 Å². The highest BCUT2D eigenvalue weighted by Crippen LogP contribution is 2.38. The van der Waals surface area contributed by atoms with E-state index >= 15 is 0 Å². The highest BCUT2D eigenvalue weighted by atomic mass is 35.5. The highest BCUT2D eigenvalue weighted by Gasteiger charge is 2.30. The van der Waals surface area contributed by atoms with E-state index in [1.54, 1.807) is 30.3 Å². The molecule has 8 heteroatoms. The largest absolute Gasteiger partial charge is 0.484 e. The molecule has 0 amide bonds. The minimum Gasteiger partial charge on any atom is -0.484 e. The fraction of sp³-hybridized carbons (Fsp3) is 0.200. The van der Waals surface area contributed by atoms with E-state index in [2.05, 4.69) is 16.6 Å². The molecule has 1 heterocycles. The summed E-state index contributed by atoms with van der Waals surface area (Å²) in [6.45, 7) is 2.11. The summed E-state index contributed by atoms with van der Waals surface area (Å²) >= 11 is 6.24. The topological polar surface area (TPSA) is 21.3 Å². The number of hydrogen-bond acceptors (Lipinski definition) is 2. The maximum absolute atomic E-state index is 14.7. The first-order valence-corrected chi connectivity index (χ1v) is 8.67. The van der Waals surface area contributed by atoms with Crippen molar-refractivity contribution in [2.24, 2.45) is 0 Å². The predicted octanol–water partition coefficient (Wildman–Crippen LogP) is 5.89. The van der Waals surface area contributed by atoms with Crippen LogP contribution in [0.5, 0.6) is 5.75 Å². The van der Waals surface area contributed by atoms with E-state index in [1.807, 2.05) is 0 Å². The summed E-state index contributed by atoms with van der Waals surface area (Å²) in [5.41, 5.74) is 1.36. The van der Waals surface area contributed by atoms with Gasteiger partial charge in [-0.2, -0.15) is 13.2 Å². The first-order valence-electron chi connectivity index (χ1n) is 8.23. The van der Waals surface area contributed by atoms with Crippen LogP contribution in [-0.2, 0) is 0 Å². The molecule has 1 unspecified atom stereocenters. The van der Waals surface area contributed by atoms with Crippen molar-refractivity contribution in [2.75, 3.05) is 6.61 Å². The molecule has 1 N–H and O–H groups in total. The molecule has 2 aromatic rings. The number of allylic oxidation sites excluding steroid dienone is 2. The lowest BCUT2D eigenvalue weighted by atomic mass is 9.91. The summed E-state index contributed by atoms with van der Waals surface area (Å²) in [5, 5.41) is 2.35. The van der Waals surface area contributed by atoms with Crippen molar-refractivity contribution >= 4 is 22.9 Å². The lowest BCUT2D eigenvalue weighted by molar-refractivity contribution is -0.153. The second-order valence-corrected chi connectivity index (χ2v) is 6.73. The molecule has 3 rings (SSSR count). The third kappa shape index (κ3) is 4.47. The van der Waals surface area contributed by atoms with Crippen LogP contribution in [-0.4, -0.2) is 18.2 Å². The molecule has 0 aliphatic carbocycles. The molecule has 0 bridgehead atoms. The van der Waals surface area contributed by atoms with Gasteiger partial charge in [-0.15, -0.1) is 11.6 Å². The minimum absolute atomic E-state index is 0.130. The Labute approximate surface area is 163 Å². The Morgan fingerprint density at radius 3 is 2.29 bits per heavy atom. The number of halogens is 6. The van der Waals surface area contributed by atoms with Crippen molar-refractivity contribution in [2.45, 2.75) is 18.0 Å². The number of ether oxygens (including phenoxy) is 1. The summed E-state index contributed by atoms with van der Waals surface area (Å²) in [6, 6.07) is 10.3. The fourth-order valence-corrected chi connectivity index (χ4v) is 3.08. The summed E-state index contributed by atoms with van der Waals surface area (Å²) in [7, 11) is 0. The molecule has 0 fully saturated rings. The zero-order chi connectivity index (χ0) is 20.5. The van der Waals surface area contributed by atoms with Gasteiger partial charge in [0, 0.05) is 17.8 Å². The molecule has 148 valence electrons. The second-order valence-electron chi connectivity index (χ2n) is 6.21. The van der Waals surface area contributed by atoms with Crippen LogP contribution >= 0.6 is 11.6 Å². The predicted molar refractivity (Wildman–Crippen MR) is 97.7 cm³/mol. The Morgan fingerprint density at radius 1 is 1.11 bits per heavy atom. The molecular formula is C20H15ClF5NO. The maximum Gasteiger partial charge on any atom is 0.422 e. The van der Waals surface area contributed by atoms with Gasteiger partial charge >= 0.3 is 6.18 Å². The van der Waals surface area contributed by atoms with Crippen molar-refractivity contribution < 1.29 is 26.7 Å². The lowest BCUT2D eigenvalue weighted by Crippen LogP contribution is -2.27.